The third kappa shape index (κ3) is 4.04. The normalized spacial score (nSPS) is 22.1. The number of para-hydroxylation sites is 1. The van der Waals surface area contributed by atoms with Crippen LogP contribution in [0.5, 0.6) is 0 Å². The Balaban J connectivity index is 1.11. The Morgan fingerprint density at radius 1 is 1.03 bits per heavy atom. The van der Waals surface area contributed by atoms with E-state index in [4.69, 9.17) is 0 Å². The number of hydrogen-bond acceptors (Lipinski definition) is 4. The molecule has 3 aromatic rings. The Bertz CT molecular complexity index is 1160. The SMILES string of the molecule is O=C1c2ccc(C3CCN(Cc4cccc5cccnc45)CC3)cc2CN1C1CCCNC1. The van der Waals surface area contributed by atoms with E-state index in [-0.39, 0.29) is 5.91 Å². The minimum absolute atomic E-state index is 0.226. The van der Waals surface area contributed by atoms with E-state index in [1.165, 1.54) is 34.9 Å². The first-order chi connectivity index (χ1) is 16.3. The number of carbonyl (C=O) groups excluding carboxylic acids is 1. The van der Waals surface area contributed by atoms with Crippen LogP contribution in [0.4, 0.5) is 0 Å². The fraction of sp³-hybridized carbons (Fsp3) is 0.429. The molecule has 0 saturated carbocycles. The van der Waals surface area contributed by atoms with E-state index in [0.717, 1.165) is 63.2 Å². The number of pyridine rings is 1. The van der Waals surface area contributed by atoms with Crippen molar-refractivity contribution in [2.24, 2.45) is 0 Å². The third-order valence-electron chi connectivity index (χ3n) is 7.84. The number of piperidine rings is 2. The lowest BCUT2D eigenvalue weighted by molar-refractivity contribution is 0.0674. The number of nitrogens with one attached hydrogen (secondary N) is 1. The van der Waals surface area contributed by atoms with E-state index in [1.807, 2.05) is 12.3 Å². The molecular formula is C28H32N4O. The lowest BCUT2D eigenvalue weighted by Gasteiger charge is -2.32. The third-order valence-corrected chi connectivity index (χ3v) is 7.84. The van der Waals surface area contributed by atoms with Gasteiger partial charge in [-0.2, -0.15) is 0 Å². The summed E-state index contributed by atoms with van der Waals surface area (Å²) in [6.07, 6.45) is 6.50. The molecule has 0 bridgehead atoms. The summed E-state index contributed by atoms with van der Waals surface area (Å²) in [4.78, 5) is 22.3. The van der Waals surface area contributed by atoms with E-state index >= 15 is 0 Å². The standard InChI is InChI=1S/C28H32N4O/c33-28-26-9-8-22(16-24(26)19-32(28)25-7-3-12-29-17-25)20-10-14-31(15-11-20)18-23-5-1-4-21-6-2-13-30-27(21)23/h1-2,4-6,8-9,13,16,20,25,29H,3,7,10-12,14-15,17-19H2. The minimum Gasteiger partial charge on any atom is -0.330 e. The van der Waals surface area contributed by atoms with Gasteiger partial charge in [-0.3, -0.25) is 14.7 Å². The number of likely N-dealkylation sites (tertiary alicyclic amines) is 1. The first-order valence-corrected chi connectivity index (χ1v) is 12.5. The van der Waals surface area contributed by atoms with E-state index < -0.39 is 0 Å². The number of benzene rings is 2. The maximum Gasteiger partial charge on any atom is 0.254 e. The smallest absolute Gasteiger partial charge is 0.254 e. The highest BCUT2D eigenvalue weighted by atomic mass is 16.2. The van der Waals surface area contributed by atoms with Gasteiger partial charge in [0.05, 0.1) is 5.52 Å². The summed E-state index contributed by atoms with van der Waals surface area (Å²) in [5, 5.41) is 4.67. The molecule has 33 heavy (non-hydrogen) atoms. The van der Waals surface area contributed by atoms with Gasteiger partial charge in [0.15, 0.2) is 0 Å². The van der Waals surface area contributed by atoms with Gasteiger partial charge in [-0.1, -0.05) is 36.4 Å². The lowest BCUT2D eigenvalue weighted by Crippen LogP contribution is -2.46. The average Bonchev–Trinajstić information content (AvgIpc) is 3.21. The Kier molecular flexibility index (Phi) is 5.60. The van der Waals surface area contributed by atoms with Crippen LogP contribution in [0.1, 0.15) is 58.6 Å². The van der Waals surface area contributed by atoms with Gasteiger partial charge in [0, 0.05) is 42.8 Å². The van der Waals surface area contributed by atoms with E-state index in [2.05, 4.69) is 62.6 Å². The highest BCUT2D eigenvalue weighted by Crippen LogP contribution is 2.34. The van der Waals surface area contributed by atoms with Gasteiger partial charge < -0.3 is 10.2 Å². The maximum absolute atomic E-state index is 13.0. The number of carbonyl (C=O) groups is 1. The van der Waals surface area contributed by atoms with Crippen molar-refractivity contribution in [3.05, 3.63) is 77.0 Å². The molecule has 2 saturated heterocycles. The molecule has 0 aliphatic carbocycles. The molecule has 0 spiro atoms. The number of hydrogen-bond donors (Lipinski definition) is 1. The van der Waals surface area contributed by atoms with Crippen LogP contribution in [-0.2, 0) is 13.1 Å². The van der Waals surface area contributed by atoms with Crippen LogP contribution in [0.15, 0.2) is 54.7 Å². The zero-order valence-electron chi connectivity index (χ0n) is 19.2. The lowest BCUT2D eigenvalue weighted by atomic mass is 9.87. The van der Waals surface area contributed by atoms with Gasteiger partial charge in [0.25, 0.3) is 5.91 Å². The van der Waals surface area contributed by atoms with Crippen LogP contribution in [0.3, 0.4) is 0 Å². The zero-order valence-corrected chi connectivity index (χ0v) is 19.2. The van der Waals surface area contributed by atoms with E-state index in [9.17, 15) is 4.79 Å². The second-order valence-corrected chi connectivity index (χ2v) is 9.89. The number of rotatable bonds is 4. The van der Waals surface area contributed by atoms with Crippen LogP contribution in [0.25, 0.3) is 10.9 Å². The van der Waals surface area contributed by atoms with Crippen LogP contribution < -0.4 is 5.32 Å². The Hall–Kier alpha value is -2.76. The summed E-state index contributed by atoms with van der Waals surface area (Å²) in [6.45, 7) is 5.95. The van der Waals surface area contributed by atoms with Gasteiger partial charge in [-0.25, -0.2) is 0 Å². The molecule has 6 rings (SSSR count). The molecule has 1 amide bonds. The molecule has 5 nitrogen and oxygen atoms in total. The van der Waals surface area contributed by atoms with Crippen molar-refractivity contribution in [3.63, 3.8) is 0 Å². The minimum atomic E-state index is 0.226. The fourth-order valence-electron chi connectivity index (χ4n) is 5.97. The van der Waals surface area contributed by atoms with Crippen LogP contribution in [0.2, 0.25) is 0 Å². The summed E-state index contributed by atoms with van der Waals surface area (Å²) in [6, 6.07) is 17.6. The molecule has 170 valence electrons. The Morgan fingerprint density at radius 2 is 1.91 bits per heavy atom. The Labute approximate surface area is 195 Å². The first-order valence-electron chi connectivity index (χ1n) is 12.5. The van der Waals surface area contributed by atoms with Crippen molar-refractivity contribution < 1.29 is 4.79 Å². The van der Waals surface area contributed by atoms with Gasteiger partial charge in [-0.05, 0) is 80.1 Å². The molecule has 1 atom stereocenters. The van der Waals surface area contributed by atoms with Gasteiger partial charge in [0.2, 0.25) is 0 Å². The Morgan fingerprint density at radius 3 is 2.76 bits per heavy atom. The number of fused-ring (bicyclic) bond motifs is 2. The van der Waals surface area contributed by atoms with Crippen LogP contribution in [0, 0.1) is 0 Å². The van der Waals surface area contributed by atoms with Crippen molar-refractivity contribution in [2.45, 2.75) is 50.7 Å². The largest absolute Gasteiger partial charge is 0.330 e. The fourth-order valence-corrected chi connectivity index (χ4v) is 5.97. The zero-order chi connectivity index (χ0) is 22.2. The van der Waals surface area contributed by atoms with Crippen molar-refractivity contribution in [1.29, 1.82) is 0 Å². The number of amides is 1. The summed E-state index contributed by atoms with van der Waals surface area (Å²) < 4.78 is 0. The monoisotopic (exact) mass is 440 g/mol. The molecule has 3 aliphatic rings. The highest BCUT2D eigenvalue weighted by molar-refractivity contribution is 5.98. The predicted molar refractivity (Wildman–Crippen MR) is 131 cm³/mol. The van der Waals surface area contributed by atoms with Crippen LogP contribution in [-0.4, -0.2) is 52.9 Å². The van der Waals surface area contributed by atoms with Gasteiger partial charge in [-0.15, -0.1) is 0 Å². The second-order valence-electron chi connectivity index (χ2n) is 9.89. The molecule has 1 aromatic heterocycles. The topological polar surface area (TPSA) is 48.5 Å². The van der Waals surface area contributed by atoms with E-state index in [0.29, 0.717) is 12.0 Å². The highest BCUT2D eigenvalue weighted by Gasteiger charge is 2.34. The molecule has 5 heteroatoms. The quantitative estimate of drug-likeness (QED) is 0.656. The predicted octanol–water partition coefficient (Wildman–Crippen LogP) is 4.32. The maximum atomic E-state index is 13.0. The summed E-state index contributed by atoms with van der Waals surface area (Å²) >= 11 is 0. The number of nitrogens with zero attached hydrogens (tertiary/aromatic N) is 3. The average molecular weight is 441 g/mol. The van der Waals surface area contributed by atoms with Crippen molar-refractivity contribution in [3.8, 4) is 0 Å². The molecule has 0 radical (unpaired) electrons. The summed E-state index contributed by atoms with van der Waals surface area (Å²) in [5.41, 5.74) is 6.01. The molecule has 4 heterocycles. The second kappa shape index (κ2) is 8.88. The van der Waals surface area contributed by atoms with Crippen molar-refractivity contribution in [2.75, 3.05) is 26.2 Å². The molecule has 2 fully saturated rings. The van der Waals surface area contributed by atoms with Gasteiger partial charge >= 0.3 is 0 Å². The van der Waals surface area contributed by atoms with E-state index in [1.54, 1.807) is 0 Å². The molecule has 2 aromatic carbocycles. The molecule has 1 unspecified atom stereocenters. The number of aromatic nitrogens is 1. The summed E-state index contributed by atoms with van der Waals surface area (Å²) in [7, 11) is 0. The molecule has 1 N–H and O–H groups in total. The summed E-state index contributed by atoms with van der Waals surface area (Å²) in [5.74, 6) is 0.807. The van der Waals surface area contributed by atoms with Crippen LogP contribution >= 0.6 is 0 Å². The first kappa shape index (κ1) is 20.8. The molecule has 3 aliphatic heterocycles. The molecular weight excluding hydrogens is 408 g/mol. The van der Waals surface area contributed by atoms with Crippen molar-refractivity contribution in [1.82, 2.24) is 20.1 Å². The van der Waals surface area contributed by atoms with Gasteiger partial charge in [0.1, 0.15) is 0 Å². The van der Waals surface area contributed by atoms with Crippen molar-refractivity contribution >= 4 is 16.8 Å².